The van der Waals surface area contributed by atoms with Crippen LogP contribution in [0.2, 0.25) is 10.0 Å². The van der Waals surface area contributed by atoms with E-state index in [-0.39, 0.29) is 10.7 Å². The number of carbonyl (C=O) groups excluding carboxylic acids is 1. The number of carbonyl (C=O) groups is 1. The molecule has 0 unspecified atom stereocenters. The van der Waals surface area contributed by atoms with Crippen molar-refractivity contribution in [1.29, 1.82) is 0 Å². The van der Waals surface area contributed by atoms with Gasteiger partial charge in [-0.2, -0.15) is 0 Å². The number of rotatable bonds is 5. The van der Waals surface area contributed by atoms with Gasteiger partial charge in [0.1, 0.15) is 6.04 Å². The highest BCUT2D eigenvalue weighted by atomic mass is 35.5. The molecule has 0 saturated heterocycles. The van der Waals surface area contributed by atoms with E-state index in [2.05, 4.69) is 5.32 Å². The van der Waals surface area contributed by atoms with E-state index in [1.165, 1.54) is 19.1 Å². The van der Waals surface area contributed by atoms with E-state index in [0.29, 0.717) is 10.7 Å². The summed E-state index contributed by atoms with van der Waals surface area (Å²) in [5.41, 5.74) is 0.748. The largest absolute Gasteiger partial charge is 0.324 e. The van der Waals surface area contributed by atoms with Crippen LogP contribution in [-0.2, 0) is 14.8 Å². The van der Waals surface area contributed by atoms with Crippen LogP contribution < -0.4 is 9.62 Å². The number of fused-ring (bicyclic) bond motifs is 1. The summed E-state index contributed by atoms with van der Waals surface area (Å²) in [6, 6.07) is 16.5. The topological polar surface area (TPSA) is 66.5 Å². The van der Waals surface area contributed by atoms with Crippen LogP contribution in [0.1, 0.15) is 6.92 Å². The maximum absolute atomic E-state index is 12.9. The van der Waals surface area contributed by atoms with Gasteiger partial charge in [-0.1, -0.05) is 59.6 Å². The Hall–Kier alpha value is -2.28. The van der Waals surface area contributed by atoms with Crippen LogP contribution in [0.25, 0.3) is 10.8 Å². The summed E-state index contributed by atoms with van der Waals surface area (Å²) >= 11 is 12.2. The molecule has 146 valence electrons. The van der Waals surface area contributed by atoms with Crippen molar-refractivity contribution in [1.82, 2.24) is 0 Å². The minimum Gasteiger partial charge on any atom is -0.324 e. The first-order valence-electron chi connectivity index (χ1n) is 8.41. The quantitative estimate of drug-likeness (QED) is 0.615. The molecule has 0 fully saturated rings. The van der Waals surface area contributed by atoms with Crippen LogP contribution in [0.3, 0.4) is 0 Å². The van der Waals surface area contributed by atoms with Gasteiger partial charge in [-0.15, -0.1) is 0 Å². The highest BCUT2D eigenvalue weighted by molar-refractivity contribution is 7.92. The Kier molecular flexibility index (Phi) is 5.84. The van der Waals surface area contributed by atoms with Gasteiger partial charge in [0, 0.05) is 16.1 Å². The Balaban J connectivity index is 1.98. The number of halogens is 2. The fourth-order valence-corrected chi connectivity index (χ4v) is 4.61. The lowest BCUT2D eigenvalue weighted by Crippen LogP contribution is -2.45. The number of hydrogen-bond acceptors (Lipinski definition) is 3. The van der Waals surface area contributed by atoms with E-state index < -0.39 is 22.0 Å². The number of benzene rings is 3. The van der Waals surface area contributed by atoms with Crippen LogP contribution in [0.15, 0.2) is 60.7 Å². The van der Waals surface area contributed by atoms with Gasteiger partial charge in [0.25, 0.3) is 0 Å². The standard InChI is InChI=1S/C20H18Cl2N2O3S/c1-13(24(28(2,26)27)19-12-15(21)10-11-17(19)22)20(25)23-18-9-5-7-14-6-3-4-8-16(14)18/h3-13H,1-2H3,(H,23,25)/t13-/m1/s1. The fourth-order valence-electron chi connectivity index (χ4n) is 3.01. The molecule has 0 aromatic heterocycles. The first-order chi connectivity index (χ1) is 13.2. The Morgan fingerprint density at radius 3 is 2.43 bits per heavy atom. The van der Waals surface area contributed by atoms with Crippen LogP contribution in [0.5, 0.6) is 0 Å². The zero-order valence-corrected chi connectivity index (χ0v) is 17.5. The third kappa shape index (κ3) is 4.24. The molecule has 0 heterocycles. The van der Waals surface area contributed by atoms with Crippen molar-refractivity contribution in [3.63, 3.8) is 0 Å². The summed E-state index contributed by atoms with van der Waals surface area (Å²) in [4.78, 5) is 12.9. The zero-order chi connectivity index (χ0) is 20.5. The minimum atomic E-state index is -3.81. The van der Waals surface area contributed by atoms with Crippen LogP contribution in [0.4, 0.5) is 11.4 Å². The first kappa shape index (κ1) is 20.5. The van der Waals surface area contributed by atoms with Crippen molar-refractivity contribution in [3.8, 4) is 0 Å². The van der Waals surface area contributed by atoms with E-state index in [1.54, 1.807) is 12.1 Å². The third-order valence-electron chi connectivity index (χ3n) is 4.28. The summed E-state index contributed by atoms with van der Waals surface area (Å²) in [7, 11) is -3.81. The molecular weight excluding hydrogens is 419 g/mol. The van der Waals surface area contributed by atoms with Gasteiger partial charge in [0.15, 0.2) is 0 Å². The molecule has 3 aromatic carbocycles. The van der Waals surface area contributed by atoms with Crippen molar-refractivity contribution in [2.75, 3.05) is 15.9 Å². The van der Waals surface area contributed by atoms with Crippen molar-refractivity contribution in [2.24, 2.45) is 0 Å². The third-order valence-corrected chi connectivity index (χ3v) is 6.06. The Labute approximate surface area is 173 Å². The van der Waals surface area contributed by atoms with Crippen molar-refractivity contribution < 1.29 is 13.2 Å². The summed E-state index contributed by atoms with van der Waals surface area (Å²) in [5.74, 6) is -0.488. The van der Waals surface area contributed by atoms with Gasteiger partial charge in [0.05, 0.1) is 17.0 Å². The second-order valence-corrected chi connectivity index (χ2v) is 9.05. The van der Waals surface area contributed by atoms with Crippen molar-refractivity contribution in [2.45, 2.75) is 13.0 Å². The van der Waals surface area contributed by atoms with Crippen molar-refractivity contribution in [3.05, 3.63) is 70.7 Å². The summed E-state index contributed by atoms with van der Waals surface area (Å²) in [6.07, 6.45) is 1.02. The highest BCUT2D eigenvalue weighted by Gasteiger charge is 2.31. The maximum Gasteiger partial charge on any atom is 0.248 e. The van der Waals surface area contributed by atoms with Crippen LogP contribution >= 0.6 is 23.2 Å². The lowest BCUT2D eigenvalue weighted by atomic mass is 10.1. The van der Waals surface area contributed by atoms with E-state index in [4.69, 9.17) is 23.2 Å². The number of anilines is 2. The van der Waals surface area contributed by atoms with Gasteiger partial charge in [-0.25, -0.2) is 8.42 Å². The molecule has 0 aliphatic rings. The molecule has 0 radical (unpaired) electrons. The first-order valence-corrected chi connectivity index (χ1v) is 11.0. The highest BCUT2D eigenvalue weighted by Crippen LogP contribution is 2.32. The van der Waals surface area contributed by atoms with Crippen molar-refractivity contribution >= 4 is 61.3 Å². The van der Waals surface area contributed by atoms with Gasteiger partial charge in [-0.3, -0.25) is 9.10 Å². The number of hydrogen-bond donors (Lipinski definition) is 1. The van der Waals surface area contributed by atoms with E-state index in [1.807, 2.05) is 36.4 Å². The molecule has 8 heteroatoms. The van der Waals surface area contributed by atoms with E-state index >= 15 is 0 Å². The molecule has 28 heavy (non-hydrogen) atoms. The molecule has 0 spiro atoms. The Morgan fingerprint density at radius 2 is 1.71 bits per heavy atom. The predicted octanol–water partition coefficient (Wildman–Crippen LogP) is 4.94. The normalized spacial score (nSPS) is 12.6. The van der Waals surface area contributed by atoms with E-state index in [0.717, 1.165) is 21.3 Å². The molecule has 3 aromatic rings. The smallest absolute Gasteiger partial charge is 0.248 e. The molecule has 1 N–H and O–H groups in total. The molecular formula is C20H18Cl2N2O3S. The van der Waals surface area contributed by atoms with Crippen LogP contribution in [-0.4, -0.2) is 26.6 Å². The lowest BCUT2D eigenvalue weighted by molar-refractivity contribution is -0.116. The van der Waals surface area contributed by atoms with Gasteiger partial charge in [0.2, 0.25) is 15.9 Å². The molecule has 0 aliphatic carbocycles. The maximum atomic E-state index is 12.9. The predicted molar refractivity (Wildman–Crippen MR) is 116 cm³/mol. The second-order valence-electron chi connectivity index (χ2n) is 6.35. The number of sulfonamides is 1. The average molecular weight is 437 g/mol. The molecule has 0 saturated carbocycles. The van der Waals surface area contributed by atoms with Gasteiger partial charge >= 0.3 is 0 Å². The zero-order valence-electron chi connectivity index (χ0n) is 15.2. The fraction of sp³-hybridized carbons (Fsp3) is 0.150. The molecule has 1 amide bonds. The number of amides is 1. The Morgan fingerprint density at radius 1 is 1.04 bits per heavy atom. The summed E-state index contributed by atoms with van der Waals surface area (Å²) in [6.45, 7) is 1.50. The van der Waals surface area contributed by atoms with Gasteiger partial charge < -0.3 is 5.32 Å². The SMILES string of the molecule is C[C@H](C(=O)Nc1cccc2ccccc12)N(c1cc(Cl)ccc1Cl)S(C)(=O)=O. The lowest BCUT2D eigenvalue weighted by Gasteiger charge is -2.29. The minimum absolute atomic E-state index is 0.150. The number of nitrogens with zero attached hydrogens (tertiary/aromatic N) is 1. The molecule has 3 rings (SSSR count). The monoisotopic (exact) mass is 436 g/mol. The molecule has 0 aliphatic heterocycles. The number of nitrogens with one attached hydrogen (secondary N) is 1. The van der Waals surface area contributed by atoms with Crippen LogP contribution in [0, 0.1) is 0 Å². The Bertz CT molecular complexity index is 1140. The second kappa shape index (κ2) is 7.99. The van der Waals surface area contributed by atoms with E-state index in [9.17, 15) is 13.2 Å². The molecule has 0 bridgehead atoms. The molecule has 1 atom stereocenters. The summed E-state index contributed by atoms with van der Waals surface area (Å²) < 4.78 is 25.9. The van der Waals surface area contributed by atoms with Gasteiger partial charge in [-0.05, 0) is 36.6 Å². The summed E-state index contributed by atoms with van der Waals surface area (Å²) in [5, 5.41) is 5.14. The average Bonchev–Trinajstić information content (AvgIpc) is 2.64. The molecule has 5 nitrogen and oxygen atoms in total.